The second-order valence-corrected chi connectivity index (χ2v) is 6.55. The molecule has 2 aromatic rings. The highest BCUT2D eigenvalue weighted by Gasteiger charge is 2.13. The van der Waals surface area contributed by atoms with Gasteiger partial charge in [-0.25, -0.2) is 0 Å². The summed E-state index contributed by atoms with van der Waals surface area (Å²) in [5.74, 6) is 0. The third-order valence-corrected chi connectivity index (χ3v) is 3.77. The lowest BCUT2D eigenvalue weighted by atomic mass is 9.85. The highest BCUT2D eigenvalue weighted by atomic mass is 14.2. The quantitative estimate of drug-likeness (QED) is 0.690. The maximum Gasteiger partial charge on any atom is -0.00256 e. The Morgan fingerprint density at radius 2 is 1.47 bits per heavy atom. The van der Waals surface area contributed by atoms with E-state index in [1.54, 1.807) is 0 Å². The van der Waals surface area contributed by atoms with E-state index in [1.807, 2.05) is 0 Å². The molecule has 0 aromatic heterocycles. The van der Waals surface area contributed by atoms with Gasteiger partial charge in [0.2, 0.25) is 0 Å². The average molecular weight is 252 g/mol. The minimum Gasteiger partial charge on any atom is -0.0617 e. The van der Waals surface area contributed by atoms with Gasteiger partial charge in [0.05, 0.1) is 0 Å². The van der Waals surface area contributed by atoms with Gasteiger partial charge in [0.25, 0.3) is 0 Å². The molecule has 0 saturated carbocycles. The molecule has 0 aliphatic rings. The minimum absolute atomic E-state index is 0.221. The van der Waals surface area contributed by atoms with Crippen LogP contribution >= 0.6 is 0 Å². The van der Waals surface area contributed by atoms with Crippen molar-refractivity contribution in [3.05, 3.63) is 70.3 Å². The van der Waals surface area contributed by atoms with Gasteiger partial charge >= 0.3 is 0 Å². The monoisotopic (exact) mass is 252 g/mol. The first-order chi connectivity index (χ1) is 8.86. The Labute approximate surface area is 117 Å². The first-order valence-electron chi connectivity index (χ1n) is 7.02. The molecule has 100 valence electrons. The Balaban J connectivity index is 2.26. The van der Waals surface area contributed by atoms with Crippen LogP contribution in [0.3, 0.4) is 0 Å². The van der Waals surface area contributed by atoms with Crippen LogP contribution in [0.2, 0.25) is 0 Å². The maximum absolute atomic E-state index is 2.34. The summed E-state index contributed by atoms with van der Waals surface area (Å²) < 4.78 is 0. The molecule has 0 atom stereocenters. The van der Waals surface area contributed by atoms with Crippen molar-refractivity contribution in [3.8, 4) is 0 Å². The number of aryl methyl sites for hydroxylation is 2. The molecule has 0 fully saturated rings. The number of hydrogen-bond acceptors (Lipinski definition) is 0. The number of benzene rings is 2. The van der Waals surface area contributed by atoms with Crippen LogP contribution in [0.1, 0.15) is 48.6 Å². The Morgan fingerprint density at radius 1 is 0.789 bits per heavy atom. The molecule has 0 heteroatoms. The highest BCUT2D eigenvalue weighted by Crippen LogP contribution is 2.24. The van der Waals surface area contributed by atoms with Crippen LogP contribution < -0.4 is 0 Å². The summed E-state index contributed by atoms with van der Waals surface area (Å²) in [5, 5.41) is 0. The van der Waals surface area contributed by atoms with Gasteiger partial charge in [0.15, 0.2) is 0 Å². The Hall–Kier alpha value is -1.56. The Bertz CT molecular complexity index is 571. The van der Waals surface area contributed by atoms with E-state index in [-0.39, 0.29) is 5.41 Å². The van der Waals surface area contributed by atoms with Gasteiger partial charge in [0, 0.05) is 0 Å². The maximum atomic E-state index is 2.34. The lowest BCUT2D eigenvalue weighted by Gasteiger charge is -2.19. The van der Waals surface area contributed by atoms with E-state index in [1.165, 1.54) is 27.8 Å². The SMILES string of the molecule is Cc1ccc(Cc2cccc(C(C)(C)C)c2)cc1C. The molecule has 0 nitrogen and oxygen atoms in total. The van der Waals surface area contributed by atoms with Gasteiger partial charge in [0.1, 0.15) is 0 Å². The molecule has 2 rings (SSSR count). The van der Waals surface area contributed by atoms with E-state index in [0.717, 1.165) is 6.42 Å². The molecule has 0 saturated heterocycles. The summed E-state index contributed by atoms with van der Waals surface area (Å²) in [6.45, 7) is 11.1. The topological polar surface area (TPSA) is 0 Å². The number of rotatable bonds is 2. The highest BCUT2D eigenvalue weighted by molar-refractivity contribution is 5.35. The summed E-state index contributed by atoms with van der Waals surface area (Å²) in [6, 6.07) is 15.7. The van der Waals surface area contributed by atoms with Crippen molar-refractivity contribution in [3.63, 3.8) is 0 Å². The van der Waals surface area contributed by atoms with E-state index in [9.17, 15) is 0 Å². The molecule has 0 aliphatic heterocycles. The van der Waals surface area contributed by atoms with Crippen LogP contribution in [0.25, 0.3) is 0 Å². The Kier molecular flexibility index (Phi) is 3.80. The molecule has 0 unspecified atom stereocenters. The molecular weight excluding hydrogens is 228 g/mol. The summed E-state index contributed by atoms with van der Waals surface area (Å²) in [4.78, 5) is 0. The summed E-state index contributed by atoms with van der Waals surface area (Å²) in [5.41, 5.74) is 7.18. The lowest BCUT2D eigenvalue weighted by Crippen LogP contribution is -2.11. The molecule has 0 spiro atoms. The second-order valence-electron chi connectivity index (χ2n) is 6.55. The van der Waals surface area contributed by atoms with Gasteiger partial charge in [-0.15, -0.1) is 0 Å². The molecular formula is C19H24. The van der Waals surface area contributed by atoms with Crippen molar-refractivity contribution in [1.82, 2.24) is 0 Å². The van der Waals surface area contributed by atoms with Crippen molar-refractivity contribution in [2.24, 2.45) is 0 Å². The molecule has 0 radical (unpaired) electrons. The van der Waals surface area contributed by atoms with Gasteiger partial charge in [-0.2, -0.15) is 0 Å². The van der Waals surface area contributed by atoms with Crippen LogP contribution in [-0.2, 0) is 11.8 Å². The second kappa shape index (κ2) is 5.21. The smallest absolute Gasteiger partial charge is 0.00256 e. The zero-order valence-electron chi connectivity index (χ0n) is 12.7. The molecule has 0 N–H and O–H groups in total. The zero-order chi connectivity index (χ0) is 14.0. The van der Waals surface area contributed by atoms with Crippen molar-refractivity contribution >= 4 is 0 Å². The molecule has 0 amide bonds. The predicted octanol–water partition coefficient (Wildman–Crippen LogP) is 5.19. The molecule has 2 aromatic carbocycles. The standard InChI is InChI=1S/C19H24/c1-14-9-10-17(11-15(14)2)12-16-7-6-8-18(13-16)19(3,4)5/h6-11,13H,12H2,1-5H3. The van der Waals surface area contributed by atoms with Crippen molar-refractivity contribution < 1.29 is 0 Å². The molecule has 0 bridgehead atoms. The van der Waals surface area contributed by atoms with E-state index in [4.69, 9.17) is 0 Å². The third kappa shape index (κ3) is 3.47. The first kappa shape index (κ1) is 13.9. The van der Waals surface area contributed by atoms with E-state index < -0.39 is 0 Å². The first-order valence-corrected chi connectivity index (χ1v) is 7.02. The molecule has 0 heterocycles. The normalized spacial score (nSPS) is 11.6. The third-order valence-electron chi connectivity index (χ3n) is 3.77. The summed E-state index contributed by atoms with van der Waals surface area (Å²) in [7, 11) is 0. The molecule has 0 aliphatic carbocycles. The minimum atomic E-state index is 0.221. The largest absolute Gasteiger partial charge is 0.0617 e. The molecule has 19 heavy (non-hydrogen) atoms. The predicted molar refractivity (Wildman–Crippen MR) is 83.9 cm³/mol. The fraction of sp³-hybridized carbons (Fsp3) is 0.368. The fourth-order valence-electron chi connectivity index (χ4n) is 2.30. The van der Waals surface area contributed by atoms with Crippen LogP contribution in [0.4, 0.5) is 0 Å². The zero-order valence-corrected chi connectivity index (χ0v) is 12.7. The Morgan fingerprint density at radius 3 is 2.11 bits per heavy atom. The lowest BCUT2D eigenvalue weighted by molar-refractivity contribution is 0.589. The van der Waals surface area contributed by atoms with Crippen molar-refractivity contribution in [2.45, 2.75) is 46.5 Å². The van der Waals surface area contributed by atoms with Crippen LogP contribution in [0, 0.1) is 13.8 Å². The average Bonchev–Trinajstić information content (AvgIpc) is 2.33. The van der Waals surface area contributed by atoms with Crippen LogP contribution in [0.5, 0.6) is 0 Å². The van der Waals surface area contributed by atoms with Gasteiger partial charge in [-0.05, 0) is 53.5 Å². The van der Waals surface area contributed by atoms with Gasteiger partial charge < -0.3 is 0 Å². The van der Waals surface area contributed by atoms with Gasteiger partial charge in [-0.1, -0.05) is 63.2 Å². The van der Waals surface area contributed by atoms with Crippen molar-refractivity contribution in [2.75, 3.05) is 0 Å². The van der Waals surface area contributed by atoms with Crippen molar-refractivity contribution in [1.29, 1.82) is 0 Å². The van der Waals surface area contributed by atoms with Gasteiger partial charge in [-0.3, -0.25) is 0 Å². The van der Waals surface area contributed by atoms with Crippen LogP contribution in [-0.4, -0.2) is 0 Å². The summed E-state index contributed by atoms with van der Waals surface area (Å²) >= 11 is 0. The van der Waals surface area contributed by atoms with E-state index >= 15 is 0 Å². The van der Waals surface area contributed by atoms with Crippen LogP contribution in [0.15, 0.2) is 42.5 Å². The van der Waals surface area contributed by atoms with E-state index in [0.29, 0.717) is 0 Å². The summed E-state index contributed by atoms with van der Waals surface area (Å²) in [6.07, 6.45) is 1.02. The van der Waals surface area contributed by atoms with E-state index in [2.05, 4.69) is 77.1 Å². The fourth-order valence-corrected chi connectivity index (χ4v) is 2.30. The number of hydrogen-bond donors (Lipinski definition) is 0.